The number of cyclic esters (lactones) is 2. The lowest BCUT2D eigenvalue weighted by molar-refractivity contribution is 0.0925. The van der Waals surface area contributed by atoms with Crippen molar-refractivity contribution in [3.05, 3.63) is 35.9 Å². The fourth-order valence-corrected chi connectivity index (χ4v) is 1.92. The highest BCUT2D eigenvalue weighted by Crippen LogP contribution is 2.18. The monoisotopic (exact) mass is 250 g/mol. The molecule has 18 heavy (non-hydrogen) atoms. The van der Waals surface area contributed by atoms with Crippen LogP contribution in [0.4, 0.5) is 4.79 Å². The summed E-state index contributed by atoms with van der Waals surface area (Å²) in [6, 6.07) is 10.0. The minimum atomic E-state index is -0.558. The summed E-state index contributed by atoms with van der Waals surface area (Å²) in [7, 11) is 0. The quantitative estimate of drug-likeness (QED) is 0.575. The van der Waals surface area contributed by atoms with E-state index in [1.165, 1.54) is 5.56 Å². The van der Waals surface area contributed by atoms with Crippen LogP contribution in [-0.4, -0.2) is 25.0 Å². The molecule has 1 aromatic carbocycles. The average molecular weight is 250 g/mol. The molecule has 4 nitrogen and oxygen atoms in total. The van der Waals surface area contributed by atoms with E-state index in [9.17, 15) is 4.79 Å². The third-order valence-electron chi connectivity index (χ3n) is 2.94. The van der Waals surface area contributed by atoms with Gasteiger partial charge in [-0.05, 0) is 25.3 Å². The molecule has 4 heteroatoms. The van der Waals surface area contributed by atoms with E-state index in [2.05, 4.69) is 0 Å². The van der Waals surface area contributed by atoms with Crippen molar-refractivity contribution in [3.63, 3.8) is 0 Å². The van der Waals surface area contributed by atoms with Gasteiger partial charge in [0.15, 0.2) is 0 Å². The molecule has 0 radical (unpaired) electrons. The zero-order valence-corrected chi connectivity index (χ0v) is 10.5. The summed E-state index contributed by atoms with van der Waals surface area (Å²) in [5.74, 6) is 0. The lowest BCUT2D eigenvalue weighted by Gasteiger charge is -2.10. The molecule has 0 spiro atoms. The maximum Gasteiger partial charge on any atom is 0.509 e. The molecule has 1 heterocycles. The second-order valence-corrected chi connectivity index (χ2v) is 4.41. The molecule has 2 atom stereocenters. The maximum absolute atomic E-state index is 10.9. The van der Waals surface area contributed by atoms with Crippen molar-refractivity contribution in [1.29, 1.82) is 0 Å². The van der Waals surface area contributed by atoms with Crippen LogP contribution in [0.1, 0.15) is 25.3 Å². The van der Waals surface area contributed by atoms with Crippen molar-refractivity contribution >= 4 is 6.16 Å². The summed E-state index contributed by atoms with van der Waals surface area (Å²) in [4.78, 5) is 10.9. The number of carbonyl (C=O) groups is 1. The van der Waals surface area contributed by atoms with E-state index in [-0.39, 0.29) is 12.2 Å². The molecule has 98 valence electrons. The van der Waals surface area contributed by atoms with E-state index in [1.807, 2.05) is 37.3 Å². The largest absolute Gasteiger partial charge is 0.509 e. The van der Waals surface area contributed by atoms with Gasteiger partial charge in [0.2, 0.25) is 0 Å². The average Bonchev–Trinajstić information content (AvgIpc) is 2.69. The van der Waals surface area contributed by atoms with Crippen LogP contribution in [0.25, 0.3) is 0 Å². The van der Waals surface area contributed by atoms with Gasteiger partial charge in [-0.3, -0.25) is 0 Å². The number of hydrogen-bond acceptors (Lipinski definition) is 4. The molecular weight excluding hydrogens is 232 g/mol. The molecule has 1 saturated heterocycles. The first-order valence-corrected chi connectivity index (χ1v) is 6.24. The number of benzene rings is 1. The molecule has 0 saturated carbocycles. The molecule has 0 amide bonds. The second kappa shape index (κ2) is 6.40. The standard InChI is InChI=1S/C14H18O4/c1-11-13(18-14(15)17-11)8-5-9-16-10-12-6-3-2-4-7-12/h2-4,6-7,11,13H,5,8-10H2,1H3/t11-,13+/m0/s1. The smallest absolute Gasteiger partial charge is 0.427 e. The van der Waals surface area contributed by atoms with Gasteiger partial charge in [-0.25, -0.2) is 4.79 Å². The van der Waals surface area contributed by atoms with Gasteiger partial charge in [0.1, 0.15) is 12.2 Å². The zero-order valence-electron chi connectivity index (χ0n) is 10.5. The maximum atomic E-state index is 10.9. The Labute approximate surface area is 107 Å². The fourth-order valence-electron chi connectivity index (χ4n) is 1.92. The van der Waals surface area contributed by atoms with Crippen LogP contribution in [0, 0.1) is 0 Å². The molecule has 0 aliphatic carbocycles. The molecule has 2 rings (SSSR count). The van der Waals surface area contributed by atoms with Crippen molar-refractivity contribution in [2.45, 2.75) is 38.6 Å². The molecule has 0 N–H and O–H groups in total. The molecule has 1 aliphatic rings. The van der Waals surface area contributed by atoms with Crippen LogP contribution < -0.4 is 0 Å². The van der Waals surface area contributed by atoms with Crippen molar-refractivity contribution in [1.82, 2.24) is 0 Å². The van der Waals surface area contributed by atoms with Gasteiger partial charge >= 0.3 is 6.16 Å². The van der Waals surface area contributed by atoms with Gasteiger partial charge in [-0.15, -0.1) is 0 Å². The molecule has 1 aliphatic heterocycles. The number of hydrogen-bond donors (Lipinski definition) is 0. The van der Waals surface area contributed by atoms with Crippen LogP contribution in [-0.2, 0) is 20.8 Å². The van der Waals surface area contributed by atoms with Gasteiger partial charge in [-0.2, -0.15) is 0 Å². The van der Waals surface area contributed by atoms with E-state index >= 15 is 0 Å². The van der Waals surface area contributed by atoms with E-state index in [1.54, 1.807) is 0 Å². The topological polar surface area (TPSA) is 44.8 Å². The molecular formula is C14H18O4. The Hall–Kier alpha value is -1.55. The van der Waals surface area contributed by atoms with Crippen molar-refractivity contribution < 1.29 is 19.0 Å². The van der Waals surface area contributed by atoms with E-state index < -0.39 is 6.16 Å². The normalized spacial score (nSPS) is 22.6. The molecule has 1 aromatic rings. The number of carbonyl (C=O) groups excluding carboxylic acids is 1. The van der Waals surface area contributed by atoms with Crippen molar-refractivity contribution in [2.75, 3.05) is 6.61 Å². The summed E-state index contributed by atoms with van der Waals surface area (Å²) in [6.45, 7) is 3.13. The van der Waals surface area contributed by atoms with E-state index in [0.29, 0.717) is 13.2 Å². The van der Waals surface area contributed by atoms with Crippen LogP contribution in [0.2, 0.25) is 0 Å². The fraction of sp³-hybridized carbons (Fsp3) is 0.500. The van der Waals surface area contributed by atoms with Gasteiger partial charge < -0.3 is 14.2 Å². The lowest BCUT2D eigenvalue weighted by atomic mass is 10.1. The third kappa shape index (κ3) is 3.74. The summed E-state index contributed by atoms with van der Waals surface area (Å²) in [5.41, 5.74) is 1.17. The summed E-state index contributed by atoms with van der Waals surface area (Å²) < 4.78 is 15.5. The molecule has 0 unspecified atom stereocenters. The van der Waals surface area contributed by atoms with Crippen molar-refractivity contribution in [2.24, 2.45) is 0 Å². The van der Waals surface area contributed by atoms with Crippen molar-refractivity contribution in [3.8, 4) is 0 Å². The van der Waals surface area contributed by atoms with Crippen LogP contribution in [0.3, 0.4) is 0 Å². The highest BCUT2D eigenvalue weighted by Gasteiger charge is 2.32. The highest BCUT2D eigenvalue weighted by atomic mass is 16.8. The van der Waals surface area contributed by atoms with E-state index in [0.717, 1.165) is 12.8 Å². The molecule has 1 fully saturated rings. The first kappa shape index (κ1) is 12.9. The Morgan fingerprint density at radius 3 is 2.67 bits per heavy atom. The predicted molar refractivity (Wildman–Crippen MR) is 66.1 cm³/mol. The Balaban J connectivity index is 1.58. The highest BCUT2D eigenvalue weighted by molar-refractivity contribution is 5.62. The summed E-state index contributed by atoms with van der Waals surface area (Å²) in [5, 5.41) is 0. The summed E-state index contributed by atoms with van der Waals surface area (Å²) in [6.07, 6.45) is 0.808. The van der Waals surface area contributed by atoms with Gasteiger partial charge in [0, 0.05) is 6.61 Å². The lowest BCUT2D eigenvalue weighted by Crippen LogP contribution is -2.19. The van der Waals surface area contributed by atoms with Gasteiger partial charge in [0.05, 0.1) is 6.61 Å². The SMILES string of the molecule is C[C@@H]1OC(=O)O[C@@H]1CCCOCc1ccccc1. The first-order valence-electron chi connectivity index (χ1n) is 6.24. The minimum absolute atomic E-state index is 0.127. The van der Waals surface area contributed by atoms with Crippen LogP contribution >= 0.6 is 0 Å². The Morgan fingerprint density at radius 2 is 2.00 bits per heavy atom. The minimum Gasteiger partial charge on any atom is -0.427 e. The Bertz CT molecular complexity index is 377. The third-order valence-corrected chi connectivity index (χ3v) is 2.94. The number of ether oxygens (including phenoxy) is 3. The van der Waals surface area contributed by atoms with Crippen LogP contribution in [0.15, 0.2) is 30.3 Å². The zero-order chi connectivity index (χ0) is 12.8. The Morgan fingerprint density at radius 1 is 1.22 bits per heavy atom. The first-order chi connectivity index (χ1) is 8.75. The molecule has 0 bridgehead atoms. The second-order valence-electron chi connectivity index (χ2n) is 4.41. The molecule has 0 aromatic heterocycles. The predicted octanol–water partition coefficient (Wildman–Crippen LogP) is 2.91. The van der Waals surface area contributed by atoms with Gasteiger partial charge in [-0.1, -0.05) is 30.3 Å². The van der Waals surface area contributed by atoms with E-state index in [4.69, 9.17) is 14.2 Å². The van der Waals surface area contributed by atoms with Gasteiger partial charge in [0.25, 0.3) is 0 Å². The summed E-state index contributed by atoms with van der Waals surface area (Å²) >= 11 is 0. The number of rotatable bonds is 6. The Kier molecular flexibility index (Phi) is 4.59. The van der Waals surface area contributed by atoms with Crippen LogP contribution in [0.5, 0.6) is 0 Å².